The molecule has 0 saturated heterocycles. The maximum Gasteiger partial charge on any atom is 0.191 e. The molecule has 3 rings (SSSR count). The first-order valence-electron chi connectivity index (χ1n) is 8.00. The van der Waals surface area contributed by atoms with Crippen LogP contribution < -0.4 is 10.6 Å². The van der Waals surface area contributed by atoms with Crippen molar-refractivity contribution in [2.24, 2.45) is 4.99 Å². The molecule has 0 amide bonds. The zero-order valence-electron chi connectivity index (χ0n) is 13.4. The average Bonchev–Trinajstić information content (AvgIpc) is 3.34. The molecule has 4 heteroatoms. The lowest BCUT2D eigenvalue weighted by Gasteiger charge is -2.11. The number of benzene rings is 2. The number of guanidine groups is 1. The maximum atomic E-state index is 4.69. The zero-order valence-corrected chi connectivity index (χ0v) is 15.7. The van der Waals surface area contributed by atoms with Crippen molar-refractivity contribution < 1.29 is 0 Å². The maximum absolute atomic E-state index is 4.69. The van der Waals surface area contributed by atoms with Gasteiger partial charge in [0.1, 0.15) is 0 Å². The SMILES string of the molecule is CCNC(=NCc1ccccc1)NC1CC1c1ccccc1.I. The van der Waals surface area contributed by atoms with Gasteiger partial charge in [0.15, 0.2) is 5.96 Å². The van der Waals surface area contributed by atoms with Gasteiger partial charge in [-0.2, -0.15) is 0 Å². The summed E-state index contributed by atoms with van der Waals surface area (Å²) >= 11 is 0. The number of nitrogens with one attached hydrogen (secondary N) is 2. The molecular formula is C19H24IN3. The third-order valence-corrected chi connectivity index (χ3v) is 3.95. The van der Waals surface area contributed by atoms with Crippen molar-refractivity contribution in [1.82, 2.24) is 10.6 Å². The largest absolute Gasteiger partial charge is 0.357 e. The minimum Gasteiger partial charge on any atom is -0.357 e. The fourth-order valence-electron chi connectivity index (χ4n) is 2.67. The predicted molar refractivity (Wildman–Crippen MR) is 107 cm³/mol. The number of halogens is 1. The fraction of sp³-hybridized carbons (Fsp3) is 0.316. The smallest absolute Gasteiger partial charge is 0.191 e. The van der Waals surface area contributed by atoms with Crippen molar-refractivity contribution in [1.29, 1.82) is 0 Å². The second kappa shape index (κ2) is 8.91. The summed E-state index contributed by atoms with van der Waals surface area (Å²) < 4.78 is 0. The molecule has 2 N–H and O–H groups in total. The number of hydrogen-bond donors (Lipinski definition) is 2. The van der Waals surface area contributed by atoms with E-state index in [4.69, 9.17) is 0 Å². The Morgan fingerprint density at radius 1 is 1.04 bits per heavy atom. The minimum atomic E-state index is 0. The molecule has 122 valence electrons. The second-order valence-corrected chi connectivity index (χ2v) is 5.68. The monoisotopic (exact) mass is 421 g/mol. The van der Waals surface area contributed by atoms with Crippen molar-refractivity contribution in [3.8, 4) is 0 Å². The minimum absolute atomic E-state index is 0. The molecule has 0 spiro atoms. The molecule has 0 aliphatic heterocycles. The summed E-state index contributed by atoms with van der Waals surface area (Å²) in [5, 5.41) is 6.88. The van der Waals surface area contributed by atoms with E-state index >= 15 is 0 Å². The topological polar surface area (TPSA) is 36.4 Å². The van der Waals surface area contributed by atoms with Gasteiger partial charge in [0.2, 0.25) is 0 Å². The van der Waals surface area contributed by atoms with Gasteiger partial charge in [0.25, 0.3) is 0 Å². The van der Waals surface area contributed by atoms with Crippen LogP contribution in [0.1, 0.15) is 30.4 Å². The average molecular weight is 421 g/mol. The molecule has 2 unspecified atom stereocenters. The molecule has 3 nitrogen and oxygen atoms in total. The number of aliphatic imine (C=N–C) groups is 1. The predicted octanol–water partition coefficient (Wildman–Crippen LogP) is 3.92. The third kappa shape index (κ3) is 5.23. The molecule has 2 aromatic carbocycles. The Bertz CT molecular complexity index is 613. The van der Waals surface area contributed by atoms with Crippen LogP contribution in [0.4, 0.5) is 0 Å². The molecular weight excluding hydrogens is 397 g/mol. The van der Waals surface area contributed by atoms with Crippen LogP contribution in [0, 0.1) is 0 Å². The summed E-state index contributed by atoms with van der Waals surface area (Å²) in [6.45, 7) is 3.68. The second-order valence-electron chi connectivity index (χ2n) is 5.68. The van der Waals surface area contributed by atoms with Crippen LogP contribution in [0.15, 0.2) is 65.7 Å². The first kappa shape index (κ1) is 17.8. The van der Waals surface area contributed by atoms with E-state index in [9.17, 15) is 0 Å². The number of rotatable bonds is 5. The zero-order chi connectivity index (χ0) is 15.2. The summed E-state index contributed by atoms with van der Waals surface area (Å²) in [6.07, 6.45) is 1.18. The van der Waals surface area contributed by atoms with Crippen LogP contribution in [0.3, 0.4) is 0 Å². The Morgan fingerprint density at radius 3 is 2.35 bits per heavy atom. The van der Waals surface area contributed by atoms with Crippen LogP contribution in [0.25, 0.3) is 0 Å². The Kier molecular flexibility index (Phi) is 6.89. The summed E-state index contributed by atoms with van der Waals surface area (Å²) in [5.74, 6) is 1.52. The van der Waals surface area contributed by atoms with Crippen LogP contribution in [-0.4, -0.2) is 18.5 Å². The van der Waals surface area contributed by atoms with E-state index in [2.05, 4.69) is 77.1 Å². The normalized spacial score (nSPS) is 19.6. The van der Waals surface area contributed by atoms with Crippen molar-refractivity contribution >= 4 is 29.9 Å². The molecule has 1 saturated carbocycles. The summed E-state index contributed by atoms with van der Waals surface area (Å²) in [7, 11) is 0. The molecule has 0 bridgehead atoms. The molecule has 1 fully saturated rings. The van der Waals surface area contributed by atoms with Gasteiger partial charge in [-0.05, 0) is 24.5 Å². The Labute approximate surface area is 155 Å². The standard InChI is InChI=1S/C19H23N3.HI/c1-2-20-19(21-14-15-9-5-3-6-10-15)22-18-13-17(18)16-11-7-4-8-12-16;/h3-12,17-18H,2,13-14H2,1H3,(H2,20,21,22);1H. The highest BCUT2D eigenvalue weighted by molar-refractivity contribution is 14.0. The molecule has 0 heterocycles. The molecule has 23 heavy (non-hydrogen) atoms. The van der Waals surface area contributed by atoms with Crippen molar-refractivity contribution in [3.63, 3.8) is 0 Å². The van der Waals surface area contributed by atoms with E-state index in [1.165, 1.54) is 17.5 Å². The molecule has 2 atom stereocenters. The first-order chi connectivity index (χ1) is 10.9. The highest BCUT2D eigenvalue weighted by Gasteiger charge is 2.38. The first-order valence-corrected chi connectivity index (χ1v) is 8.00. The molecule has 1 aliphatic carbocycles. The van der Waals surface area contributed by atoms with Crippen molar-refractivity contribution in [2.75, 3.05) is 6.54 Å². The van der Waals surface area contributed by atoms with Gasteiger partial charge in [0, 0.05) is 18.5 Å². The molecule has 2 aromatic rings. The molecule has 1 aliphatic rings. The van der Waals surface area contributed by atoms with E-state index in [1.807, 2.05) is 6.07 Å². The lowest BCUT2D eigenvalue weighted by molar-refractivity contribution is 0.795. The Morgan fingerprint density at radius 2 is 1.70 bits per heavy atom. The number of nitrogens with zero attached hydrogens (tertiary/aromatic N) is 1. The highest BCUT2D eigenvalue weighted by atomic mass is 127. The van der Waals surface area contributed by atoms with E-state index in [0.717, 1.165) is 12.5 Å². The molecule has 0 aromatic heterocycles. The number of hydrogen-bond acceptors (Lipinski definition) is 1. The third-order valence-electron chi connectivity index (χ3n) is 3.95. The van der Waals surface area contributed by atoms with Gasteiger partial charge in [-0.1, -0.05) is 60.7 Å². The van der Waals surface area contributed by atoms with Crippen LogP contribution in [0.2, 0.25) is 0 Å². The van der Waals surface area contributed by atoms with Crippen molar-refractivity contribution in [2.45, 2.75) is 31.8 Å². The van der Waals surface area contributed by atoms with Crippen LogP contribution in [0.5, 0.6) is 0 Å². The lowest BCUT2D eigenvalue weighted by Crippen LogP contribution is -2.39. The van der Waals surface area contributed by atoms with Gasteiger partial charge in [-0.25, -0.2) is 4.99 Å². The fourth-order valence-corrected chi connectivity index (χ4v) is 2.67. The highest BCUT2D eigenvalue weighted by Crippen LogP contribution is 2.40. The Hall–Kier alpha value is -1.56. The quantitative estimate of drug-likeness (QED) is 0.436. The van der Waals surface area contributed by atoms with Crippen LogP contribution >= 0.6 is 24.0 Å². The van der Waals surface area contributed by atoms with Gasteiger partial charge in [-0.3, -0.25) is 0 Å². The van der Waals surface area contributed by atoms with E-state index in [0.29, 0.717) is 18.5 Å². The Balaban J connectivity index is 0.00000192. The summed E-state index contributed by atoms with van der Waals surface area (Å²) in [4.78, 5) is 4.69. The van der Waals surface area contributed by atoms with Crippen LogP contribution in [-0.2, 0) is 6.54 Å². The van der Waals surface area contributed by atoms with Gasteiger partial charge in [0.05, 0.1) is 6.54 Å². The van der Waals surface area contributed by atoms with E-state index < -0.39 is 0 Å². The van der Waals surface area contributed by atoms with Gasteiger partial charge < -0.3 is 10.6 Å². The van der Waals surface area contributed by atoms with Gasteiger partial charge in [-0.15, -0.1) is 24.0 Å². The lowest BCUT2D eigenvalue weighted by atomic mass is 10.1. The molecule has 0 radical (unpaired) electrons. The van der Waals surface area contributed by atoms with Crippen molar-refractivity contribution in [3.05, 3.63) is 71.8 Å². The van der Waals surface area contributed by atoms with Gasteiger partial charge >= 0.3 is 0 Å². The van der Waals surface area contributed by atoms with E-state index in [-0.39, 0.29) is 24.0 Å². The summed E-state index contributed by atoms with van der Waals surface area (Å²) in [5.41, 5.74) is 2.65. The summed E-state index contributed by atoms with van der Waals surface area (Å²) in [6, 6.07) is 21.6. The van der Waals surface area contributed by atoms with E-state index in [1.54, 1.807) is 0 Å².